The minimum atomic E-state index is -1.17. The molecule has 0 aliphatic carbocycles. The molecule has 3 unspecified atom stereocenters. The highest BCUT2D eigenvalue weighted by Crippen LogP contribution is 2.28. The van der Waals surface area contributed by atoms with Crippen LogP contribution in [0.2, 0.25) is 0 Å². The van der Waals surface area contributed by atoms with Crippen molar-refractivity contribution in [1.29, 1.82) is 0 Å². The molecule has 3 amide bonds. The summed E-state index contributed by atoms with van der Waals surface area (Å²) in [6, 6.07) is 17.9. The van der Waals surface area contributed by atoms with Crippen molar-refractivity contribution in [2.24, 2.45) is 0 Å². The number of rotatable bonds is 12. The molecule has 0 saturated carbocycles. The number of benzene rings is 3. The van der Waals surface area contributed by atoms with Crippen molar-refractivity contribution in [2.45, 2.75) is 104 Å². The number of aromatic hydroxyl groups is 1. The van der Waals surface area contributed by atoms with E-state index >= 15 is 0 Å². The highest BCUT2D eigenvalue weighted by Gasteiger charge is 2.38. The number of aryl methyl sites for hydroxylation is 2. The molecular weight excluding hydrogens is 622 g/mol. The average Bonchev–Trinajstić information content (AvgIpc) is 3.00. The van der Waals surface area contributed by atoms with Gasteiger partial charge in [0.1, 0.15) is 35.1 Å². The summed E-state index contributed by atoms with van der Waals surface area (Å²) in [5, 5.41) is 15.5. The van der Waals surface area contributed by atoms with Gasteiger partial charge in [-0.15, -0.1) is 0 Å². The van der Waals surface area contributed by atoms with Crippen molar-refractivity contribution in [3.63, 3.8) is 0 Å². The lowest BCUT2D eigenvalue weighted by molar-refractivity contribution is -0.159. The summed E-state index contributed by atoms with van der Waals surface area (Å²) in [4.78, 5) is 57.1. The van der Waals surface area contributed by atoms with E-state index < -0.39 is 53.2 Å². The third-order valence-corrected chi connectivity index (χ3v) is 7.57. The molecule has 49 heavy (non-hydrogen) atoms. The van der Waals surface area contributed by atoms with E-state index in [0.29, 0.717) is 11.1 Å². The molecule has 0 spiro atoms. The number of esters is 1. The average molecular weight is 674 g/mol. The van der Waals surface area contributed by atoms with Crippen LogP contribution in [0, 0.1) is 13.8 Å². The zero-order valence-electron chi connectivity index (χ0n) is 30.1. The Hall–Kier alpha value is -4.86. The standard InChI is InChI=1S/C39H51N3O7/c1-10-42(35(45)31(41-37(47)49-39(7,8)9)23-28-18-20-29(43)21-19-28)33(30-22-25(2)16-17-26(30)3)34(44)40-32(36(46)48-38(4,5)6)24-27-14-12-11-13-15-27/h11-22,31-33,43H,10,23-24H2,1-9H3,(H,40,44)(H,41,47). The predicted molar refractivity (Wildman–Crippen MR) is 189 cm³/mol. The van der Waals surface area contributed by atoms with Gasteiger partial charge in [-0.05, 0) is 96.7 Å². The number of nitrogens with zero attached hydrogens (tertiary/aromatic N) is 1. The van der Waals surface area contributed by atoms with Crippen LogP contribution in [-0.2, 0) is 36.7 Å². The number of alkyl carbamates (subject to hydrolysis) is 1. The van der Waals surface area contributed by atoms with Crippen LogP contribution in [0.3, 0.4) is 0 Å². The largest absolute Gasteiger partial charge is 0.508 e. The maximum Gasteiger partial charge on any atom is 0.408 e. The Morgan fingerprint density at radius 2 is 1.33 bits per heavy atom. The van der Waals surface area contributed by atoms with E-state index in [1.165, 1.54) is 17.0 Å². The predicted octanol–water partition coefficient (Wildman–Crippen LogP) is 6.10. The molecule has 264 valence electrons. The topological polar surface area (TPSA) is 134 Å². The molecule has 0 radical (unpaired) electrons. The number of phenolic OH excluding ortho intramolecular Hbond substituents is 1. The number of amides is 3. The highest BCUT2D eigenvalue weighted by molar-refractivity contribution is 5.94. The zero-order chi connectivity index (χ0) is 36.5. The van der Waals surface area contributed by atoms with E-state index in [1.54, 1.807) is 60.6 Å². The fourth-order valence-corrected chi connectivity index (χ4v) is 5.36. The summed E-state index contributed by atoms with van der Waals surface area (Å²) in [6.07, 6.45) is -0.559. The van der Waals surface area contributed by atoms with Crippen LogP contribution in [0.1, 0.15) is 82.3 Å². The molecule has 0 aliphatic heterocycles. The number of ether oxygens (including phenoxy) is 2. The van der Waals surface area contributed by atoms with Crippen molar-refractivity contribution >= 4 is 23.9 Å². The van der Waals surface area contributed by atoms with E-state index in [-0.39, 0.29) is 25.1 Å². The molecular formula is C39H51N3O7. The lowest BCUT2D eigenvalue weighted by atomic mass is 9.95. The summed E-state index contributed by atoms with van der Waals surface area (Å²) in [7, 11) is 0. The van der Waals surface area contributed by atoms with Gasteiger partial charge in [0, 0.05) is 19.4 Å². The highest BCUT2D eigenvalue weighted by atomic mass is 16.6. The van der Waals surface area contributed by atoms with Crippen molar-refractivity contribution in [3.05, 3.63) is 101 Å². The van der Waals surface area contributed by atoms with Gasteiger partial charge in [-0.2, -0.15) is 0 Å². The Morgan fingerprint density at radius 3 is 1.90 bits per heavy atom. The summed E-state index contributed by atoms with van der Waals surface area (Å²) < 4.78 is 11.2. The SMILES string of the molecule is CCN(C(=O)C(Cc1ccc(O)cc1)NC(=O)OC(C)(C)C)C(C(=O)NC(Cc1ccccc1)C(=O)OC(C)(C)C)c1cc(C)ccc1C. The molecule has 0 bridgehead atoms. The second-order valence-corrected chi connectivity index (χ2v) is 14.2. The molecule has 10 heteroatoms. The second-order valence-electron chi connectivity index (χ2n) is 14.2. The Morgan fingerprint density at radius 1 is 0.755 bits per heavy atom. The second kappa shape index (κ2) is 16.5. The van der Waals surface area contributed by atoms with Gasteiger partial charge in [0.15, 0.2) is 0 Å². The smallest absolute Gasteiger partial charge is 0.408 e. The quantitative estimate of drug-likeness (QED) is 0.198. The number of hydrogen-bond donors (Lipinski definition) is 3. The molecule has 3 aromatic rings. The van der Waals surface area contributed by atoms with Crippen LogP contribution in [0.25, 0.3) is 0 Å². The van der Waals surface area contributed by atoms with Gasteiger partial charge in [0.25, 0.3) is 0 Å². The first-order valence-electron chi connectivity index (χ1n) is 16.6. The first kappa shape index (κ1) is 38.6. The van der Waals surface area contributed by atoms with E-state index in [2.05, 4.69) is 10.6 Å². The third kappa shape index (κ3) is 12.0. The zero-order valence-corrected chi connectivity index (χ0v) is 30.1. The van der Waals surface area contributed by atoms with Gasteiger partial charge in [-0.3, -0.25) is 9.59 Å². The number of carbonyl (C=O) groups is 4. The lowest BCUT2D eigenvalue weighted by Crippen LogP contribution is -2.55. The Kier molecular flexibility index (Phi) is 13.0. The fraction of sp³-hybridized carbons (Fsp3) is 0.436. The van der Waals surface area contributed by atoms with Crippen molar-refractivity contribution in [1.82, 2.24) is 15.5 Å². The van der Waals surface area contributed by atoms with Gasteiger partial charge in [0.05, 0.1) is 0 Å². The molecule has 0 aliphatic rings. The molecule has 10 nitrogen and oxygen atoms in total. The molecule has 3 aromatic carbocycles. The van der Waals surface area contributed by atoms with Crippen LogP contribution < -0.4 is 10.6 Å². The first-order chi connectivity index (χ1) is 22.9. The number of hydrogen-bond acceptors (Lipinski definition) is 7. The van der Waals surface area contributed by atoms with E-state index in [4.69, 9.17) is 9.47 Å². The normalized spacial score (nSPS) is 13.4. The lowest BCUT2D eigenvalue weighted by Gasteiger charge is -2.35. The maximum atomic E-state index is 14.6. The summed E-state index contributed by atoms with van der Waals surface area (Å²) in [5.74, 6) is -1.64. The van der Waals surface area contributed by atoms with Gasteiger partial charge in [-0.1, -0.05) is 66.2 Å². The third-order valence-electron chi connectivity index (χ3n) is 7.57. The van der Waals surface area contributed by atoms with Gasteiger partial charge in [0.2, 0.25) is 11.8 Å². The van der Waals surface area contributed by atoms with Crippen LogP contribution >= 0.6 is 0 Å². The molecule has 3 N–H and O–H groups in total. The van der Waals surface area contributed by atoms with Gasteiger partial charge >= 0.3 is 12.1 Å². The van der Waals surface area contributed by atoms with Gasteiger partial charge < -0.3 is 30.1 Å². The Bertz CT molecular complexity index is 1590. The van der Waals surface area contributed by atoms with E-state index in [1.807, 2.05) is 62.4 Å². The van der Waals surface area contributed by atoms with Crippen molar-refractivity contribution < 1.29 is 33.8 Å². The van der Waals surface area contributed by atoms with Crippen LogP contribution in [0.5, 0.6) is 5.75 Å². The number of nitrogens with one attached hydrogen (secondary N) is 2. The van der Waals surface area contributed by atoms with Crippen LogP contribution in [0.4, 0.5) is 4.79 Å². The minimum Gasteiger partial charge on any atom is -0.508 e. The molecule has 0 saturated heterocycles. The maximum absolute atomic E-state index is 14.6. The molecule has 0 heterocycles. The first-order valence-corrected chi connectivity index (χ1v) is 16.6. The summed E-state index contributed by atoms with van der Waals surface area (Å²) in [5.41, 5.74) is 2.09. The van der Waals surface area contributed by atoms with Crippen molar-refractivity contribution in [2.75, 3.05) is 6.54 Å². The van der Waals surface area contributed by atoms with Gasteiger partial charge in [-0.25, -0.2) is 9.59 Å². The molecule has 3 rings (SSSR count). The molecule has 0 aromatic heterocycles. The number of carbonyl (C=O) groups excluding carboxylic acids is 4. The van der Waals surface area contributed by atoms with Crippen LogP contribution in [0.15, 0.2) is 72.8 Å². The fourth-order valence-electron chi connectivity index (χ4n) is 5.36. The number of likely N-dealkylation sites (N-methyl/N-ethyl adjacent to an activating group) is 1. The Labute approximate surface area is 290 Å². The van der Waals surface area contributed by atoms with Crippen LogP contribution in [-0.4, -0.2) is 63.7 Å². The number of phenols is 1. The summed E-state index contributed by atoms with van der Waals surface area (Å²) >= 11 is 0. The van der Waals surface area contributed by atoms with Crippen molar-refractivity contribution in [3.8, 4) is 5.75 Å². The Balaban J connectivity index is 2.09. The summed E-state index contributed by atoms with van der Waals surface area (Å²) in [6.45, 7) is 16.0. The molecule has 0 fully saturated rings. The minimum absolute atomic E-state index is 0.0589. The monoisotopic (exact) mass is 673 g/mol. The van der Waals surface area contributed by atoms with E-state index in [0.717, 1.165) is 16.7 Å². The molecule has 3 atom stereocenters. The van der Waals surface area contributed by atoms with E-state index in [9.17, 15) is 24.3 Å².